The number of rotatable bonds is 1. The molecule has 2 heteroatoms. The second-order valence-corrected chi connectivity index (χ2v) is 4.51. The Bertz CT molecular complexity index is 320. The summed E-state index contributed by atoms with van der Waals surface area (Å²) >= 11 is 0. The minimum atomic E-state index is 0.799. The fourth-order valence-corrected chi connectivity index (χ4v) is 2.13. The average Bonchev–Trinajstić information content (AvgIpc) is 2.46. The fraction of sp³-hybridized carbons (Fsp3) is 0.545. The molecule has 0 fully saturated rings. The van der Waals surface area contributed by atoms with Gasteiger partial charge in [-0.25, -0.2) is 0 Å². The van der Waals surface area contributed by atoms with Crippen LogP contribution < -0.4 is 0 Å². The largest absolute Gasteiger partial charge is 0.261 e. The molecule has 1 aliphatic heterocycles. The first-order chi connectivity index (χ1) is 6.16. The van der Waals surface area contributed by atoms with E-state index in [1.54, 1.807) is 0 Å². The topological polar surface area (TPSA) is 12.9 Å². The Morgan fingerprint density at radius 3 is 2.69 bits per heavy atom. The molecular formula is C11H16BN. The minimum Gasteiger partial charge on any atom is -0.261 e. The van der Waals surface area contributed by atoms with E-state index in [9.17, 15) is 0 Å². The molecule has 0 N–H and O–H groups in total. The van der Waals surface area contributed by atoms with Crippen LogP contribution in [0.25, 0.3) is 0 Å². The normalized spacial score (nSPS) is 15.2. The monoisotopic (exact) mass is 173 g/mol. The highest BCUT2D eigenvalue weighted by Crippen LogP contribution is 2.26. The molecule has 1 aromatic rings. The molecule has 1 aromatic heterocycles. The summed E-state index contributed by atoms with van der Waals surface area (Å²) < 4.78 is 0. The van der Waals surface area contributed by atoms with Crippen molar-refractivity contribution in [1.82, 2.24) is 4.98 Å². The average molecular weight is 173 g/mol. The van der Waals surface area contributed by atoms with Crippen LogP contribution in [-0.4, -0.2) is 11.7 Å². The zero-order chi connectivity index (χ0) is 9.42. The molecule has 2 heterocycles. The van der Waals surface area contributed by atoms with Crippen molar-refractivity contribution in [1.29, 1.82) is 0 Å². The summed E-state index contributed by atoms with van der Waals surface area (Å²) in [5.41, 5.74) is 4.17. The number of pyridine rings is 1. The lowest BCUT2D eigenvalue weighted by atomic mass is 9.40. The highest BCUT2D eigenvalue weighted by molar-refractivity contribution is 6.60. The SMILES string of the molecule is Cc1cc2c(cn1)CB(C(C)C)C2. The fourth-order valence-electron chi connectivity index (χ4n) is 2.13. The van der Waals surface area contributed by atoms with Crippen molar-refractivity contribution in [2.45, 2.75) is 39.2 Å². The summed E-state index contributed by atoms with van der Waals surface area (Å²) in [6, 6.07) is 2.25. The maximum atomic E-state index is 4.34. The molecule has 0 aliphatic carbocycles. The van der Waals surface area contributed by atoms with E-state index in [-0.39, 0.29) is 0 Å². The van der Waals surface area contributed by atoms with Crippen molar-refractivity contribution in [2.75, 3.05) is 0 Å². The third kappa shape index (κ3) is 1.62. The second kappa shape index (κ2) is 3.17. The van der Waals surface area contributed by atoms with Crippen LogP contribution in [0.1, 0.15) is 30.7 Å². The zero-order valence-corrected chi connectivity index (χ0v) is 8.67. The Hall–Kier alpha value is -0.785. The van der Waals surface area contributed by atoms with Gasteiger partial charge in [-0.05, 0) is 36.8 Å². The molecule has 2 rings (SSSR count). The van der Waals surface area contributed by atoms with Gasteiger partial charge in [0.25, 0.3) is 0 Å². The van der Waals surface area contributed by atoms with Crippen molar-refractivity contribution in [2.24, 2.45) is 0 Å². The summed E-state index contributed by atoms with van der Waals surface area (Å²) in [5, 5.41) is 0. The van der Waals surface area contributed by atoms with Gasteiger partial charge in [-0.15, -0.1) is 0 Å². The van der Waals surface area contributed by atoms with Gasteiger partial charge in [0.1, 0.15) is 0 Å². The molecule has 0 bridgehead atoms. The molecule has 13 heavy (non-hydrogen) atoms. The van der Waals surface area contributed by atoms with Crippen LogP contribution >= 0.6 is 0 Å². The molecule has 0 spiro atoms. The van der Waals surface area contributed by atoms with E-state index in [0.717, 1.165) is 18.2 Å². The maximum Gasteiger partial charge on any atom is 0.151 e. The molecule has 1 aliphatic rings. The van der Waals surface area contributed by atoms with Crippen LogP contribution in [0.2, 0.25) is 5.82 Å². The van der Waals surface area contributed by atoms with Gasteiger partial charge in [0.15, 0.2) is 6.71 Å². The minimum absolute atomic E-state index is 0.799. The van der Waals surface area contributed by atoms with Gasteiger partial charge in [-0.3, -0.25) is 4.98 Å². The Balaban J connectivity index is 2.25. The second-order valence-electron chi connectivity index (χ2n) is 4.51. The summed E-state index contributed by atoms with van der Waals surface area (Å²) in [4.78, 5) is 4.34. The molecule has 0 amide bonds. The van der Waals surface area contributed by atoms with Crippen LogP contribution in [-0.2, 0) is 12.6 Å². The van der Waals surface area contributed by atoms with E-state index < -0.39 is 0 Å². The van der Waals surface area contributed by atoms with Crippen LogP contribution in [0.3, 0.4) is 0 Å². The summed E-state index contributed by atoms with van der Waals surface area (Å²) in [6.07, 6.45) is 4.56. The van der Waals surface area contributed by atoms with Crippen LogP contribution in [0.15, 0.2) is 12.3 Å². The number of hydrogen-bond donors (Lipinski definition) is 0. The van der Waals surface area contributed by atoms with Crippen molar-refractivity contribution in [3.05, 3.63) is 29.1 Å². The Labute approximate surface area is 80.7 Å². The molecule has 0 radical (unpaired) electrons. The van der Waals surface area contributed by atoms with E-state index in [0.29, 0.717) is 0 Å². The number of aromatic nitrogens is 1. The van der Waals surface area contributed by atoms with Crippen LogP contribution in [0.4, 0.5) is 0 Å². The zero-order valence-electron chi connectivity index (χ0n) is 8.67. The quantitative estimate of drug-likeness (QED) is 0.594. The standard InChI is InChI=1S/C11H16BN/c1-8(2)12-5-10-4-9(3)13-7-11(10)6-12/h4,7-8H,5-6H2,1-3H3. The summed E-state index contributed by atoms with van der Waals surface area (Å²) in [5.74, 6) is 0.799. The van der Waals surface area contributed by atoms with E-state index in [1.165, 1.54) is 23.8 Å². The lowest BCUT2D eigenvalue weighted by Crippen LogP contribution is -2.17. The van der Waals surface area contributed by atoms with Gasteiger partial charge >= 0.3 is 0 Å². The van der Waals surface area contributed by atoms with Crippen molar-refractivity contribution in [3.63, 3.8) is 0 Å². The van der Waals surface area contributed by atoms with E-state index in [4.69, 9.17) is 0 Å². The van der Waals surface area contributed by atoms with Crippen LogP contribution in [0, 0.1) is 6.92 Å². The molecule has 0 saturated heterocycles. The first-order valence-corrected chi connectivity index (χ1v) is 5.11. The molecular weight excluding hydrogens is 157 g/mol. The summed E-state index contributed by atoms with van der Waals surface area (Å²) in [6.45, 7) is 7.55. The van der Waals surface area contributed by atoms with Gasteiger partial charge in [-0.1, -0.05) is 19.7 Å². The highest BCUT2D eigenvalue weighted by atomic mass is 14.7. The first kappa shape index (κ1) is 8.80. The van der Waals surface area contributed by atoms with Crippen molar-refractivity contribution >= 4 is 6.71 Å². The molecule has 0 unspecified atom stereocenters. The third-order valence-corrected chi connectivity index (χ3v) is 3.13. The number of aryl methyl sites for hydroxylation is 1. The molecule has 0 atom stereocenters. The van der Waals surface area contributed by atoms with Gasteiger partial charge in [-0.2, -0.15) is 0 Å². The van der Waals surface area contributed by atoms with Gasteiger partial charge < -0.3 is 0 Å². The lowest BCUT2D eigenvalue weighted by Gasteiger charge is -2.07. The number of fused-ring (bicyclic) bond motifs is 1. The molecule has 68 valence electrons. The Morgan fingerprint density at radius 2 is 2.00 bits per heavy atom. The third-order valence-electron chi connectivity index (χ3n) is 3.13. The molecule has 0 aromatic carbocycles. The van der Waals surface area contributed by atoms with Gasteiger partial charge in [0.05, 0.1) is 0 Å². The van der Waals surface area contributed by atoms with E-state index >= 15 is 0 Å². The van der Waals surface area contributed by atoms with Gasteiger partial charge in [0.2, 0.25) is 0 Å². The van der Waals surface area contributed by atoms with Gasteiger partial charge in [0, 0.05) is 11.9 Å². The lowest BCUT2D eigenvalue weighted by molar-refractivity contribution is 1.02. The predicted molar refractivity (Wildman–Crippen MR) is 57.2 cm³/mol. The van der Waals surface area contributed by atoms with E-state index in [1.807, 2.05) is 0 Å². The molecule has 1 nitrogen and oxygen atoms in total. The Morgan fingerprint density at radius 1 is 1.31 bits per heavy atom. The van der Waals surface area contributed by atoms with Crippen molar-refractivity contribution in [3.8, 4) is 0 Å². The maximum absolute atomic E-state index is 4.34. The number of nitrogens with zero attached hydrogens (tertiary/aromatic N) is 1. The predicted octanol–water partition coefficient (Wildman–Crippen LogP) is 2.47. The summed E-state index contributed by atoms with van der Waals surface area (Å²) in [7, 11) is 0. The van der Waals surface area contributed by atoms with E-state index in [2.05, 4.69) is 38.0 Å². The van der Waals surface area contributed by atoms with Crippen LogP contribution in [0.5, 0.6) is 0 Å². The Kier molecular flexibility index (Phi) is 2.14. The molecule has 0 saturated carbocycles. The highest BCUT2D eigenvalue weighted by Gasteiger charge is 2.27. The number of hydrogen-bond acceptors (Lipinski definition) is 1. The van der Waals surface area contributed by atoms with Crippen molar-refractivity contribution < 1.29 is 0 Å². The smallest absolute Gasteiger partial charge is 0.151 e. The first-order valence-electron chi connectivity index (χ1n) is 5.11.